The molecule has 0 bridgehead atoms. The summed E-state index contributed by atoms with van der Waals surface area (Å²) in [5.41, 5.74) is 1.85. The normalized spacial score (nSPS) is 11.2. The van der Waals surface area contributed by atoms with Gasteiger partial charge in [0.1, 0.15) is 11.6 Å². The van der Waals surface area contributed by atoms with Crippen molar-refractivity contribution in [3.8, 4) is 5.75 Å². The molecular weight excluding hydrogens is 410 g/mol. The van der Waals surface area contributed by atoms with E-state index in [4.69, 9.17) is 0 Å². The number of amides is 1. The standard InChI is InChI=1S/C19H15F4N3O2S/c1-11-2-3-13(8-16(11)20)24-17(27)9-14-10-29-18(26-14)25-12-4-6-15(7-5-12)28-19(21,22)23/h2-8,10H,9H2,1H3,(H,24,27)(H,25,26). The van der Waals surface area contributed by atoms with Crippen molar-refractivity contribution in [1.82, 2.24) is 4.98 Å². The summed E-state index contributed by atoms with van der Waals surface area (Å²) in [4.78, 5) is 16.4. The maximum atomic E-state index is 13.5. The lowest BCUT2D eigenvalue weighted by molar-refractivity contribution is -0.274. The number of benzene rings is 2. The fourth-order valence-electron chi connectivity index (χ4n) is 2.35. The van der Waals surface area contributed by atoms with Gasteiger partial charge in [0.15, 0.2) is 5.13 Å². The van der Waals surface area contributed by atoms with Crippen molar-refractivity contribution in [1.29, 1.82) is 0 Å². The first-order valence-corrected chi connectivity index (χ1v) is 9.19. The Labute approximate surface area is 167 Å². The summed E-state index contributed by atoms with van der Waals surface area (Å²) in [5.74, 6) is -1.08. The molecule has 29 heavy (non-hydrogen) atoms. The van der Waals surface area contributed by atoms with E-state index in [1.165, 1.54) is 41.7 Å². The van der Waals surface area contributed by atoms with Gasteiger partial charge >= 0.3 is 6.36 Å². The average molecular weight is 425 g/mol. The molecular formula is C19H15F4N3O2S. The van der Waals surface area contributed by atoms with Crippen molar-refractivity contribution >= 4 is 33.8 Å². The predicted octanol–water partition coefficient (Wildman–Crippen LogP) is 5.41. The molecule has 0 atom stereocenters. The molecule has 0 aliphatic rings. The Morgan fingerprint density at radius 2 is 1.83 bits per heavy atom. The molecule has 0 spiro atoms. The van der Waals surface area contributed by atoms with Gasteiger partial charge in [-0.25, -0.2) is 9.37 Å². The van der Waals surface area contributed by atoms with E-state index in [0.29, 0.717) is 27.8 Å². The van der Waals surface area contributed by atoms with Gasteiger partial charge in [0.2, 0.25) is 5.91 Å². The fourth-order valence-corrected chi connectivity index (χ4v) is 3.08. The molecule has 0 saturated carbocycles. The first-order chi connectivity index (χ1) is 13.7. The number of hydrogen-bond acceptors (Lipinski definition) is 5. The van der Waals surface area contributed by atoms with Crippen LogP contribution in [0.4, 0.5) is 34.1 Å². The van der Waals surface area contributed by atoms with Crippen LogP contribution in [0.5, 0.6) is 5.75 Å². The molecule has 0 aliphatic carbocycles. The highest BCUT2D eigenvalue weighted by Crippen LogP contribution is 2.26. The quantitative estimate of drug-likeness (QED) is 0.518. The molecule has 2 aromatic carbocycles. The molecule has 1 amide bonds. The van der Waals surface area contributed by atoms with Gasteiger partial charge in [-0.1, -0.05) is 6.07 Å². The van der Waals surface area contributed by atoms with Crippen molar-refractivity contribution in [3.63, 3.8) is 0 Å². The van der Waals surface area contributed by atoms with Crippen LogP contribution in [-0.2, 0) is 11.2 Å². The topological polar surface area (TPSA) is 63.2 Å². The summed E-state index contributed by atoms with van der Waals surface area (Å²) in [7, 11) is 0. The van der Waals surface area contributed by atoms with Gasteiger partial charge in [-0.2, -0.15) is 0 Å². The smallest absolute Gasteiger partial charge is 0.406 e. The van der Waals surface area contributed by atoms with Crippen LogP contribution in [0.15, 0.2) is 47.8 Å². The van der Waals surface area contributed by atoms with Crippen LogP contribution in [0.3, 0.4) is 0 Å². The van der Waals surface area contributed by atoms with Crippen LogP contribution >= 0.6 is 11.3 Å². The number of nitrogens with one attached hydrogen (secondary N) is 2. The minimum Gasteiger partial charge on any atom is -0.406 e. The number of hydrogen-bond donors (Lipinski definition) is 2. The first kappa shape index (κ1) is 20.6. The Morgan fingerprint density at radius 1 is 1.14 bits per heavy atom. The molecule has 0 saturated heterocycles. The van der Waals surface area contributed by atoms with E-state index in [9.17, 15) is 22.4 Å². The van der Waals surface area contributed by atoms with Crippen molar-refractivity contribution in [2.75, 3.05) is 10.6 Å². The molecule has 5 nitrogen and oxygen atoms in total. The Morgan fingerprint density at radius 3 is 2.48 bits per heavy atom. The van der Waals surface area contributed by atoms with Gasteiger partial charge < -0.3 is 15.4 Å². The molecule has 1 aromatic heterocycles. The average Bonchev–Trinajstić information content (AvgIpc) is 3.05. The van der Waals surface area contributed by atoms with Gasteiger partial charge in [0.25, 0.3) is 0 Å². The summed E-state index contributed by atoms with van der Waals surface area (Å²) < 4.78 is 53.9. The summed E-state index contributed by atoms with van der Waals surface area (Å²) in [6.07, 6.45) is -4.75. The Hall–Kier alpha value is -3.14. The highest BCUT2D eigenvalue weighted by atomic mass is 32.1. The second-order valence-corrected chi connectivity index (χ2v) is 6.89. The van der Waals surface area contributed by atoms with Crippen LogP contribution in [0.1, 0.15) is 11.3 Å². The summed E-state index contributed by atoms with van der Waals surface area (Å²) >= 11 is 1.24. The largest absolute Gasteiger partial charge is 0.573 e. The van der Waals surface area contributed by atoms with Crippen LogP contribution in [0.2, 0.25) is 0 Å². The first-order valence-electron chi connectivity index (χ1n) is 8.31. The van der Waals surface area contributed by atoms with Gasteiger partial charge in [-0.3, -0.25) is 4.79 Å². The molecule has 2 N–H and O–H groups in total. The number of aryl methyl sites for hydroxylation is 1. The SMILES string of the molecule is Cc1ccc(NC(=O)Cc2csc(Nc3ccc(OC(F)(F)F)cc3)n2)cc1F. The number of thiazole rings is 1. The molecule has 152 valence electrons. The minimum absolute atomic E-state index is 0.00790. The second-order valence-electron chi connectivity index (χ2n) is 6.03. The van der Waals surface area contributed by atoms with Crippen LogP contribution < -0.4 is 15.4 Å². The third kappa shape index (κ3) is 6.18. The van der Waals surface area contributed by atoms with Crippen molar-refractivity contribution in [3.05, 3.63) is 64.9 Å². The molecule has 3 rings (SSSR count). The number of carbonyl (C=O) groups is 1. The van der Waals surface area contributed by atoms with Crippen molar-refractivity contribution < 1.29 is 27.1 Å². The van der Waals surface area contributed by atoms with E-state index in [-0.39, 0.29) is 18.1 Å². The Kier molecular flexibility index (Phi) is 6.02. The summed E-state index contributed by atoms with van der Waals surface area (Å²) in [5, 5.41) is 7.69. The number of carbonyl (C=O) groups excluding carboxylic acids is 1. The predicted molar refractivity (Wildman–Crippen MR) is 102 cm³/mol. The minimum atomic E-state index is -4.75. The van der Waals surface area contributed by atoms with Crippen LogP contribution in [-0.4, -0.2) is 17.3 Å². The zero-order valence-electron chi connectivity index (χ0n) is 15.0. The van der Waals surface area contributed by atoms with Gasteiger partial charge in [-0.15, -0.1) is 24.5 Å². The highest BCUT2D eigenvalue weighted by molar-refractivity contribution is 7.13. The number of rotatable bonds is 6. The van der Waals surface area contributed by atoms with Crippen molar-refractivity contribution in [2.45, 2.75) is 19.7 Å². The molecule has 1 heterocycles. The molecule has 10 heteroatoms. The lowest BCUT2D eigenvalue weighted by atomic mass is 10.2. The number of halogens is 4. The molecule has 0 aliphatic heterocycles. The fraction of sp³-hybridized carbons (Fsp3) is 0.158. The van der Waals surface area contributed by atoms with Gasteiger partial charge in [-0.05, 0) is 48.9 Å². The Bertz CT molecular complexity index is 1000. The van der Waals surface area contributed by atoms with E-state index in [1.807, 2.05) is 0 Å². The lowest BCUT2D eigenvalue weighted by Gasteiger charge is -2.09. The maximum absolute atomic E-state index is 13.5. The monoisotopic (exact) mass is 425 g/mol. The maximum Gasteiger partial charge on any atom is 0.573 e. The van der Waals surface area contributed by atoms with Crippen LogP contribution in [0.25, 0.3) is 0 Å². The number of ether oxygens (including phenoxy) is 1. The Balaban J connectivity index is 1.56. The van der Waals surface area contributed by atoms with E-state index in [0.717, 1.165) is 0 Å². The molecule has 0 unspecified atom stereocenters. The number of aromatic nitrogens is 1. The molecule has 0 radical (unpaired) electrons. The van der Waals surface area contributed by atoms with Crippen molar-refractivity contribution in [2.24, 2.45) is 0 Å². The van der Waals surface area contributed by atoms with E-state index in [2.05, 4.69) is 20.4 Å². The second kappa shape index (κ2) is 8.48. The zero-order valence-corrected chi connectivity index (χ0v) is 15.8. The van der Waals surface area contributed by atoms with E-state index in [1.54, 1.807) is 24.4 Å². The number of anilines is 3. The lowest BCUT2D eigenvalue weighted by Crippen LogP contribution is -2.16. The third-order valence-electron chi connectivity index (χ3n) is 3.69. The highest BCUT2D eigenvalue weighted by Gasteiger charge is 2.30. The molecule has 3 aromatic rings. The van der Waals surface area contributed by atoms with E-state index >= 15 is 0 Å². The number of alkyl halides is 3. The molecule has 0 fully saturated rings. The van der Waals surface area contributed by atoms with Crippen LogP contribution in [0, 0.1) is 12.7 Å². The summed E-state index contributed by atoms with van der Waals surface area (Å²) in [6, 6.07) is 9.61. The number of nitrogens with zero attached hydrogens (tertiary/aromatic N) is 1. The van der Waals surface area contributed by atoms with Gasteiger partial charge in [0, 0.05) is 16.8 Å². The zero-order chi connectivity index (χ0) is 21.0. The van der Waals surface area contributed by atoms with Gasteiger partial charge in [0.05, 0.1) is 12.1 Å². The third-order valence-corrected chi connectivity index (χ3v) is 4.49. The van der Waals surface area contributed by atoms with E-state index < -0.39 is 12.2 Å². The summed E-state index contributed by atoms with van der Waals surface area (Å²) in [6.45, 7) is 1.63.